The van der Waals surface area contributed by atoms with Crippen molar-refractivity contribution in [2.75, 3.05) is 0 Å². The van der Waals surface area contributed by atoms with Crippen molar-refractivity contribution in [3.05, 3.63) is 53.9 Å². The Morgan fingerprint density at radius 3 is 2.60 bits per heavy atom. The SMILES string of the molecule is NCc1cnn(CCc2ccccc2)c1. The Morgan fingerprint density at radius 1 is 1.13 bits per heavy atom. The molecule has 15 heavy (non-hydrogen) atoms. The van der Waals surface area contributed by atoms with Crippen molar-refractivity contribution >= 4 is 0 Å². The first-order valence-corrected chi connectivity index (χ1v) is 5.14. The van der Waals surface area contributed by atoms with Crippen LogP contribution in [-0.2, 0) is 19.5 Å². The summed E-state index contributed by atoms with van der Waals surface area (Å²) in [4.78, 5) is 0. The molecule has 0 aliphatic heterocycles. The second-order valence-electron chi connectivity index (χ2n) is 3.55. The van der Waals surface area contributed by atoms with Crippen LogP contribution in [0.5, 0.6) is 0 Å². The normalized spacial score (nSPS) is 10.5. The van der Waals surface area contributed by atoms with Gasteiger partial charge in [-0.1, -0.05) is 30.3 Å². The van der Waals surface area contributed by atoms with Gasteiger partial charge in [0.2, 0.25) is 0 Å². The Balaban J connectivity index is 1.93. The van der Waals surface area contributed by atoms with E-state index in [-0.39, 0.29) is 0 Å². The third-order valence-corrected chi connectivity index (χ3v) is 2.39. The summed E-state index contributed by atoms with van der Waals surface area (Å²) >= 11 is 0. The molecule has 0 fully saturated rings. The monoisotopic (exact) mass is 201 g/mol. The van der Waals surface area contributed by atoms with E-state index in [0.29, 0.717) is 6.54 Å². The first kappa shape index (κ1) is 9.93. The Morgan fingerprint density at radius 2 is 1.93 bits per heavy atom. The Kier molecular flexibility index (Phi) is 3.15. The van der Waals surface area contributed by atoms with E-state index in [1.54, 1.807) is 0 Å². The fourth-order valence-corrected chi connectivity index (χ4v) is 1.52. The lowest BCUT2D eigenvalue weighted by molar-refractivity contribution is 0.614. The zero-order chi connectivity index (χ0) is 10.5. The topological polar surface area (TPSA) is 43.8 Å². The third kappa shape index (κ3) is 2.67. The van der Waals surface area contributed by atoms with Crippen LogP contribution in [0, 0.1) is 0 Å². The smallest absolute Gasteiger partial charge is 0.0534 e. The maximum absolute atomic E-state index is 5.52. The summed E-state index contributed by atoms with van der Waals surface area (Å²) in [6.45, 7) is 1.47. The maximum atomic E-state index is 5.52. The molecule has 1 heterocycles. The highest BCUT2D eigenvalue weighted by Crippen LogP contribution is 2.02. The first-order valence-electron chi connectivity index (χ1n) is 5.14. The van der Waals surface area contributed by atoms with Crippen LogP contribution < -0.4 is 5.73 Å². The van der Waals surface area contributed by atoms with E-state index >= 15 is 0 Å². The Hall–Kier alpha value is -1.61. The van der Waals surface area contributed by atoms with Gasteiger partial charge in [-0.25, -0.2) is 0 Å². The molecule has 1 aromatic carbocycles. The average Bonchev–Trinajstić information content (AvgIpc) is 2.76. The molecule has 78 valence electrons. The number of rotatable bonds is 4. The zero-order valence-corrected chi connectivity index (χ0v) is 8.63. The quantitative estimate of drug-likeness (QED) is 0.816. The summed E-state index contributed by atoms with van der Waals surface area (Å²) in [5, 5.41) is 4.24. The highest BCUT2D eigenvalue weighted by molar-refractivity contribution is 5.14. The van der Waals surface area contributed by atoms with Crippen molar-refractivity contribution in [2.24, 2.45) is 5.73 Å². The summed E-state index contributed by atoms with van der Waals surface area (Å²) in [6, 6.07) is 10.4. The number of aromatic nitrogens is 2. The molecule has 0 amide bonds. The molecule has 0 radical (unpaired) electrons. The molecule has 0 spiro atoms. The molecule has 3 heteroatoms. The van der Waals surface area contributed by atoms with E-state index in [2.05, 4.69) is 29.4 Å². The molecule has 2 rings (SSSR count). The van der Waals surface area contributed by atoms with E-state index in [1.165, 1.54) is 5.56 Å². The van der Waals surface area contributed by atoms with Gasteiger partial charge in [0.1, 0.15) is 0 Å². The van der Waals surface area contributed by atoms with Gasteiger partial charge < -0.3 is 5.73 Å². The summed E-state index contributed by atoms with van der Waals surface area (Å²) in [5.74, 6) is 0. The second kappa shape index (κ2) is 4.75. The van der Waals surface area contributed by atoms with Crippen molar-refractivity contribution < 1.29 is 0 Å². The summed E-state index contributed by atoms with van der Waals surface area (Å²) in [7, 11) is 0. The highest BCUT2D eigenvalue weighted by Gasteiger charge is 1.97. The standard InChI is InChI=1S/C12H15N3/c13-8-12-9-14-15(10-12)7-6-11-4-2-1-3-5-11/h1-5,9-10H,6-8,13H2. The summed E-state index contributed by atoms with van der Waals surface area (Å²) in [5.41, 5.74) is 7.94. The molecule has 0 bridgehead atoms. The van der Waals surface area contributed by atoms with Gasteiger partial charge in [0.25, 0.3) is 0 Å². The number of hydrogen-bond acceptors (Lipinski definition) is 2. The molecule has 0 aliphatic carbocycles. The molecule has 0 saturated carbocycles. The summed E-state index contributed by atoms with van der Waals surface area (Å²) in [6.07, 6.45) is 4.83. The summed E-state index contributed by atoms with van der Waals surface area (Å²) < 4.78 is 1.94. The zero-order valence-electron chi connectivity index (χ0n) is 8.63. The molecule has 1 aromatic heterocycles. The van der Waals surface area contributed by atoms with Crippen molar-refractivity contribution in [3.63, 3.8) is 0 Å². The first-order chi connectivity index (χ1) is 7.38. The second-order valence-corrected chi connectivity index (χ2v) is 3.55. The number of hydrogen-bond donors (Lipinski definition) is 1. The molecule has 0 aliphatic rings. The van der Waals surface area contributed by atoms with Gasteiger partial charge in [0.15, 0.2) is 0 Å². The minimum atomic E-state index is 0.561. The van der Waals surface area contributed by atoms with Gasteiger partial charge in [-0.3, -0.25) is 4.68 Å². The number of aryl methyl sites for hydroxylation is 2. The minimum absolute atomic E-state index is 0.561. The van der Waals surface area contributed by atoms with E-state index in [9.17, 15) is 0 Å². The van der Waals surface area contributed by atoms with Crippen LogP contribution in [0.4, 0.5) is 0 Å². The molecule has 0 atom stereocenters. The van der Waals surface area contributed by atoms with Crippen molar-refractivity contribution in [3.8, 4) is 0 Å². The third-order valence-electron chi connectivity index (χ3n) is 2.39. The molecular formula is C12H15N3. The average molecular weight is 201 g/mol. The number of nitrogens with two attached hydrogens (primary N) is 1. The van der Waals surface area contributed by atoms with Gasteiger partial charge in [-0.2, -0.15) is 5.10 Å². The van der Waals surface area contributed by atoms with Crippen LogP contribution in [0.25, 0.3) is 0 Å². The van der Waals surface area contributed by atoms with Gasteiger partial charge in [-0.05, 0) is 12.0 Å². The van der Waals surface area contributed by atoms with Gasteiger partial charge in [-0.15, -0.1) is 0 Å². The number of nitrogens with zero attached hydrogens (tertiary/aromatic N) is 2. The minimum Gasteiger partial charge on any atom is -0.326 e. The lowest BCUT2D eigenvalue weighted by Crippen LogP contribution is -2.01. The van der Waals surface area contributed by atoms with Gasteiger partial charge in [0, 0.05) is 24.8 Å². The van der Waals surface area contributed by atoms with Crippen LogP contribution in [0.15, 0.2) is 42.7 Å². The van der Waals surface area contributed by atoms with E-state index in [0.717, 1.165) is 18.5 Å². The van der Waals surface area contributed by atoms with Gasteiger partial charge >= 0.3 is 0 Å². The van der Waals surface area contributed by atoms with Crippen LogP contribution in [0.1, 0.15) is 11.1 Å². The number of benzene rings is 1. The Bertz CT molecular complexity index is 406. The van der Waals surface area contributed by atoms with E-state index < -0.39 is 0 Å². The largest absolute Gasteiger partial charge is 0.326 e. The lowest BCUT2D eigenvalue weighted by atomic mass is 10.1. The Labute approximate surface area is 89.5 Å². The molecule has 2 N–H and O–H groups in total. The molecule has 3 nitrogen and oxygen atoms in total. The molecule has 0 unspecified atom stereocenters. The van der Waals surface area contributed by atoms with Gasteiger partial charge in [0.05, 0.1) is 6.20 Å². The fraction of sp³-hybridized carbons (Fsp3) is 0.250. The van der Waals surface area contributed by atoms with Crippen molar-refractivity contribution in [1.29, 1.82) is 0 Å². The van der Waals surface area contributed by atoms with E-state index in [1.807, 2.05) is 23.1 Å². The van der Waals surface area contributed by atoms with Crippen molar-refractivity contribution in [1.82, 2.24) is 9.78 Å². The van der Waals surface area contributed by atoms with Crippen molar-refractivity contribution in [2.45, 2.75) is 19.5 Å². The predicted molar refractivity (Wildman–Crippen MR) is 60.3 cm³/mol. The van der Waals surface area contributed by atoms with Crippen LogP contribution in [-0.4, -0.2) is 9.78 Å². The molecular weight excluding hydrogens is 186 g/mol. The highest BCUT2D eigenvalue weighted by atomic mass is 15.3. The van der Waals surface area contributed by atoms with E-state index in [4.69, 9.17) is 5.73 Å². The lowest BCUT2D eigenvalue weighted by Gasteiger charge is -2.01. The molecule has 2 aromatic rings. The van der Waals surface area contributed by atoms with Crippen LogP contribution in [0.3, 0.4) is 0 Å². The van der Waals surface area contributed by atoms with Crippen LogP contribution >= 0.6 is 0 Å². The molecule has 0 saturated heterocycles. The predicted octanol–water partition coefficient (Wildman–Crippen LogP) is 1.58. The van der Waals surface area contributed by atoms with Crippen LogP contribution in [0.2, 0.25) is 0 Å². The maximum Gasteiger partial charge on any atom is 0.0534 e. The fourth-order valence-electron chi connectivity index (χ4n) is 1.52.